The van der Waals surface area contributed by atoms with Crippen molar-refractivity contribution in [1.82, 2.24) is 0 Å². The Kier molecular flexibility index (Phi) is 5.17. The van der Waals surface area contributed by atoms with Crippen molar-refractivity contribution in [3.63, 3.8) is 0 Å². The second-order valence-corrected chi connectivity index (χ2v) is 3.82. The smallest absolute Gasteiger partial charge is 0.341 e. The van der Waals surface area contributed by atoms with Crippen molar-refractivity contribution in [3.05, 3.63) is 40.2 Å². The highest BCUT2D eigenvalue weighted by Gasteiger charge is 2.26. The summed E-state index contributed by atoms with van der Waals surface area (Å²) in [6.45, 7) is 2.16. The van der Waals surface area contributed by atoms with Crippen LogP contribution >= 0.6 is 0 Å². The summed E-state index contributed by atoms with van der Waals surface area (Å²) in [5, 5.41) is 0. The Hall–Kier alpha value is -2.25. The summed E-state index contributed by atoms with van der Waals surface area (Å²) >= 11 is 0. The van der Waals surface area contributed by atoms with Crippen molar-refractivity contribution in [1.29, 1.82) is 0 Å². The van der Waals surface area contributed by atoms with Crippen molar-refractivity contribution >= 4 is 17.8 Å². The number of benzene rings is 1. The predicted molar refractivity (Wildman–Crippen MR) is 61.5 cm³/mol. The molecule has 1 rings (SSSR count). The molecule has 3 nitrogen and oxygen atoms in total. The molecule has 0 heterocycles. The molecular formula is C13H9F5O3. The van der Waals surface area contributed by atoms with E-state index in [1.54, 1.807) is 0 Å². The van der Waals surface area contributed by atoms with E-state index >= 15 is 0 Å². The Labute approximate surface area is 116 Å². The Morgan fingerprint density at radius 2 is 1.38 bits per heavy atom. The summed E-state index contributed by atoms with van der Waals surface area (Å²) in [6.07, 6.45) is 0.274. The third-order valence-electron chi connectivity index (χ3n) is 2.41. The lowest BCUT2D eigenvalue weighted by molar-refractivity contribution is -0.139. The van der Waals surface area contributed by atoms with Crippen LogP contribution in [0.3, 0.4) is 0 Å². The van der Waals surface area contributed by atoms with Crippen LogP contribution in [0.5, 0.6) is 0 Å². The fourth-order valence-corrected chi connectivity index (χ4v) is 1.41. The van der Waals surface area contributed by atoms with Gasteiger partial charge >= 0.3 is 5.97 Å². The molecule has 0 fully saturated rings. The molecule has 0 amide bonds. The summed E-state index contributed by atoms with van der Waals surface area (Å²) in [5.41, 5.74) is -2.22. The SMILES string of the molecule is CCOC(=O)C(=Cc1c(F)c(F)c(F)c(F)c1F)C(C)=O. The van der Waals surface area contributed by atoms with Gasteiger partial charge in [-0.3, -0.25) is 4.79 Å². The first-order valence-electron chi connectivity index (χ1n) is 5.63. The first kappa shape index (κ1) is 16.8. The normalized spacial score (nSPS) is 11.5. The summed E-state index contributed by atoms with van der Waals surface area (Å²) in [5.74, 6) is -13.1. The maximum absolute atomic E-state index is 13.4. The number of ketones is 1. The monoisotopic (exact) mass is 308 g/mol. The van der Waals surface area contributed by atoms with E-state index in [0.717, 1.165) is 6.92 Å². The lowest BCUT2D eigenvalue weighted by atomic mass is 10.1. The van der Waals surface area contributed by atoms with E-state index in [2.05, 4.69) is 4.74 Å². The molecule has 0 spiro atoms. The van der Waals surface area contributed by atoms with Crippen LogP contribution in [0, 0.1) is 29.1 Å². The van der Waals surface area contributed by atoms with Gasteiger partial charge in [0.05, 0.1) is 12.2 Å². The van der Waals surface area contributed by atoms with Gasteiger partial charge in [0.2, 0.25) is 5.82 Å². The van der Waals surface area contributed by atoms with Gasteiger partial charge in [0.25, 0.3) is 0 Å². The molecule has 0 radical (unpaired) electrons. The van der Waals surface area contributed by atoms with E-state index in [-0.39, 0.29) is 12.7 Å². The summed E-state index contributed by atoms with van der Waals surface area (Å²) < 4.78 is 70.3. The van der Waals surface area contributed by atoms with Crippen molar-refractivity contribution in [3.8, 4) is 0 Å². The van der Waals surface area contributed by atoms with Crippen LogP contribution in [0.15, 0.2) is 5.57 Å². The van der Waals surface area contributed by atoms with E-state index in [1.807, 2.05) is 0 Å². The van der Waals surface area contributed by atoms with E-state index < -0.39 is 52.0 Å². The van der Waals surface area contributed by atoms with Crippen LogP contribution in [0.1, 0.15) is 19.4 Å². The minimum Gasteiger partial charge on any atom is -0.462 e. The van der Waals surface area contributed by atoms with Crippen molar-refractivity contribution in [2.24, 2.45) is 0 Å². The highest BCUT2D eigenvalue weighted by atomic mass is 19.2. The maximum Gasteiger partial charge on any atom is 0.341 e. The standard InChI is InChI=1S/C13H9F5O3/c1-3-21-13(20)6(5(2)19)4-7-8(14)10(16)12(18)11(17)9(7)15/h4H,3H2,1-2H3. The molecule has 0 aliphatic heterocycles. The van der Waals surface area contributed by atoms with E-state index in [1.165, 1.54) is 6.92 Å². The van der Waals surface area contributed by atoms with Crippen LogP contribution in [0.25, 0.3) is 6.08 Å². The molecular weight excluding hydrogens is 299 g/mol. The van der Waals surface area contributed by atoms with Crippen LogP contribution in [-0.4, -0.2) is 18.4 Å². The molecule has 0 aliphatic rings. The number of hydrogen-bond donors (Lipinski definition) is 0. The molecule has 0 aromatic heterocycles. The van der Waals surface area contributed by atoms with Crippen LogP contribution in [0.4, 0.5) is 22.0 Å². The number of carbonyl (C=O) groups excluding carboxylic acids is 2. The van der Waals surface area contributed by atoms with E-state index in [0.29, 0.717) is 0 Å². The zero-order chi connectivity index (χ0) is 16.3. The summed E-state index contributed by atoms with van der Waals surface area (Å²) in [6, 6.07) is 0. The predicted octanol–water partition coefficient (Wildman–Crippen LogP) is 2.92. The number of carbonyl (C=O) groups is 2. The molecule has 8 heteroatoms. The summed E-state index contributed by atoms with van der Waals surface area (Å²) in [7, 11) is 0. The number of Topliss-reactive ketones (excluding diaryl/α,β-unsaturated/α-hetero) is 1. The molecule has 114 valence electrons. The van der Waals surface area contributed by atoms with Gasteiger partial charge in [0.15, 0.2) is 29.1 Å². The van der Waals surface area contributed by atoms with Crippen LogP contribution in [0.2, 0.25) is 0 Å². The Morgan fingerprint density at radius 1 is 0.952 bits per heavy atom. The Balaban J connectivity index is 3.55. The maximum atomic E-state index is 13.4. The largest absolute Gasteiger partial charge is 0.462 e. The zero-order valence-corrected chi connectivity index (χ0v) is 10.9. The van der Waals surface area contributed by atoms with E-state index in [9.17, 15) is 31.5 Å². The Bertz CT molecular complexity index is 608. The first-order chi connectivity index (χ1) is 9.72. The fraction of sp³-hybridized carbons (Fsp3) is 0.231. The van der Waals surface area contributed by atoms with Crippen molar-refractivity contribution in [2.45, 2.75) is 13.8 Å². The lowest BCUT2D eigenvalue weighted by Crippen LogP contribution is -2.14. The zero-order valence-electron chi connectivity index (χ0n) is 10.9. The fourth-order valence-electron chi connectivity index (χ4n) is 1.41. The average molecular weight is 308 g/mol. The van der Waals surface area contributed by atoms with Crippen molar-refractivity contribution < 1.29 is 36.3 Å². The highest BCUT2D eigenvalue weighted by molar-refractivity contribution is 6.19. The molecule has 0 atom stereocenters. The highest BCUT2D eigenvalue weighted by Crippen LogP contribution is 2.25. The summed E-state index contributed by atoms with van der Waals surface area (Å²) in [4.78, 5) is 22.7. The van der Waals surface area contributed by atoms with Crippen LogP contribution < -0.4 is 0 Å². The third kappa shape index (κ3) is 3.26. The number of esters is 1. The number of ether oxygens (including phenoxy) is 1. The molecule has 1 aromatic carbocycles. The molecule has 0 N–H and O–H groups in total. The van der Waals surface area contributed by atoms with Gasteiger partial charge in [0, 0.05) is 0 Å². The molecule has 0 bridgehead atoms. The molecule has 1 aromatic rings. The van der Waals surface area contributed by atoms with Gasteiger partial charge in [0.1, 0.15) is 5.57 Å². The quantitative estimate of drug-likeness (QED) is 0.163. The van der Waals surface area contributed by atoms with Crippen molar-refractivity contribution in [2.75, 3.05) is 6.61 Å². The van der Waals surface area contributed by atoms with Gasteiger partial charge in [-0.2, -0.15) is 0 Å². The Morgan fingerprint density at radius 3 is 1.76 bits per heavy atom. The van der Waals surface area contributed by atoms with E-state index in [4.69, 9.17) is 0 Å². The molecule has 21 heavy (non-hydrogen) atoms. The third-order valence-corrected chi connectivity index (χ3v) is 2.41. The minimum absolute atomic E-state index is 0.138. The van der Waals surface area contributed by atoms with Crippen LogP contribution in [-0.2, 0) is 14.3 Å². The molecule has 0 aliphatic carbocycles. The minimum atomic E-state index is -2.33. The average Bonchev–Trinajstić information content (AvgIpc) is 2.43. The van der Waals surface area contributed by atoms with Gasteiger partial charge in [-0.05, 0) is 19.9 Å². The first-order valence-corrected chi connectivity index (χ1v) is 5.63. The lowest BCUT2D eigenvalue weighted by Gasteiger charge is -2.07. The van der Waals surface area contributed by atoms with Gasteiger partial charge in [-0.25, -0.2) is 26.7 Å². The van der Waals surface area contributed by atoms with Gasteiger partial charge in [-0.15, -0.1) is 0 Å². The second kappa shape index (κ2) is 6.47. The number of rotatable bonds is 4. The molecule has 0 saturated heterocycles. The number of hydrogen-bond acceptors (Lipinski definition) is 3. The molecule has 0 unspecified atom stereocenters. The van der Waals surface area contributed by atoms with Gasteiger partial charge < -0.3 is 4.74 Å². The van der Waals surface area contributed by atoms with Gasteiger partial charge in [-0.1, -0.05) is 0 Å². The topological polar surface area (TPSA) is 43.4 Å². The second-order valence-electron chi connectivity index (χ2n) is 3.82. The molecule has 0 saturated carbocycles. The number of halogens is 5.